The van der Waals surface area contributed by atoms with Gasteiger partial charge in [0.2, 0.25) is 0 Å². The molecule has 0 saturated carbocycles. The van der Waals surface area contributed by atoms with Gasteiger partial charge in [0.1, 0.15) is 0 Å². The molecule has 0 bridgehead atoms. The fourth-order valence-corrected chi connectivity index (χ4v) is 1.81. The lowest BCUT2D eigenvalue weighted by Crippen LogP contribution is -2.12. The molecule has 0 fully saturated rings. The van der Waals surface area contributed by atoms with E-state index in [2.05, 4.69) is 3.74 Å². The Morgan fingerprint density at radius 3 is 2.31 bits per heavy atom. The Kier molecular flexibility index (Phi) is 3.27. The van der Waals surface area contributed by atoms with Gasteiger partial charge in [-0.3, -0.25) is 0 Å². The van der Waals surface area contributed by atoms with Gasteiger partial charge >= 0.3 is 21.4 Å². The molecule has 0 radical (unpaired) electrons. The second-order valence-electron chi connectivity index (χ2n) is 2.39. The van der Waals surface area contributed by atoms with Crippen LogP contribution in [0.3, 0.4) is 0 Å². The maximum absolute atomic E-state index is 11.1. The molecule has 0 aliphatic rings. The SMILES string of the molecule is Cc1ccc(S(=O)(=O)O[Cl+][O-])cc1. The quantitative estimate of drug-likeness (QED) is 0.721. The number of hydrogen-bond donors (Lipinski definition) is 0. The minimum absolute atomic E-state index is 0.00746. The van der Waals surface area contributed by atoms with Crippen LogP contribution >= 0.6 is 0 Å². The lowest BCUT2D eigenvalue weighted by molar-refractivity contribution is -1.25. The molecule has 1 aromatic rings. The molecule has 0 N–H and O–H groups in total. The van der Waals surface area contributed by atoms with Crippen molar-refractivity contribution in [1.29, 1.82) is 0 Å². The monoisotopic (exact) mass is 222 g/mol. The van der Waals surface area contributed by atoms with Crippen LogP contribution in [-0.4, -0.2) is 8.42 Å². The van der Waals surface area contributed by atoms with Gasteiger partial charge in [-0.15, -0.1) is 0 Å². The molecular formula is C7H7ClO4S. The summed E-state index contributed by atoms with van der Waals surface area (Å²) in [6.45, 7) is 1.83. The normalized spacial score (nSPS) is 11.5. The average Bonchev–Trinajstić information content (AvgIpc) is 2.05. The zero-order chi connectivity index (χ0) is 9.90. The summed E-state index contributed by atoms with van der Waals surface area (Å²) in [6.07, 6.45) is 0. The minimum atomic E-state index is -3.90. The fourth-order valence-electron chi connectivity index (χ4n) is 0.775. The molecule has 0 unspecified atom stereocenters. The Morgan fingerprint density at radius 1 is 1.31 bits per heavy atom. The van der Waals surface area contributed by atoms with Crippen LogP contribution in [0.4, 0.5) is 0 Å². The van der Waals surface area contributed by atoms with E-state index < -0.39 is 10.1 Å². The molecule has 0 amide bonds. The zero-order valence-electron chi connectivity index (χ0n) is 6.73. The Morgan fingerprint density at radius 2 is 1.85 bits per heavy atom. The lowest BCUT2D eigenvalue weighted by Gasteiger charge is -1.96. The highest BCUT2D eigenvalue weighted by atomic mass is 35.6. The number of aryl methyl sites for hydroxylation is 1. The van der Waals surface area contributed by atoms with Gasteiger partial charge in [0.15, 0.2) is 0 Å². The summed E-state index contributed by atoms with van der Waals surface area (Å²) < 4.78 is 36.0. The molecule has 0 saturated heterocycles. The largest absolute Gasteiger partial charge is 0.505 e. The Balaban J connectivity index is 3.02. The number of rotatable bonds is 3. The standard InChI is InChI=1S/C7H7ClO4S/c1-6-2-4-7(5-3-6)13(10,11)12-8-9/h2-5H,1H3. The smallest absolute Gasteiger partial charge is 0.351 e. The van der Waals surface area contributed by atoms with Crippen molar-refractivity contribution in [2.75, 3.05) is 0 Å². The van der Waals surface area contributed by atoms with Crippen LogP contribution in [0.15, 0.2) is 29.2 Å². The van der Waals surface area contributed by atoms with Gasteiger partial charge in [-0.05, 0) is 19.1 Å². The van der Waals surface area contributed by atoms with E-state index >= 15 is 0 Å². The third-order valence-electron chi connectivity index (χ3n) is 1.42. The van der Waals surface area contributed by atoms with Crippen molar-refractivity contribution in [1.82, 2.24) is 0 Å². The molecule has 0 aliphatic carbocycles. The van der Waals surface area contributed by atoms with E-state index in [-0.39, 0.29) is 16.2 Å². The van der Waals surface area contributed by atoms with Crippen LogP contribution in [0, 0.1) is 18.2 Å². The number of hydrogen-bond acceptors (Lipinski definition) is 4. The number of halogens is 1. The first-order valence-corrected chi connectivity index (χ1v) is 5.36. The van der Waals surface area contributed by atoms with Crippen LogP contribution in [0.1, 0.15) is 5.56 Å². The summed E-state index contributed by atoms with van der Waals surface area (Å²) >= 11 is 0.00746. The molecule has 0 aromatic heterocycles. The number of benzene rings is 1. The fraction of sp³-hybridized carbons (Fsp3) is 0.143. The van der Waals surface area contributed by atoms with Gasteiger partial charge in [-0.1, -0.05) is 17.7 Å². The van der Waals surface area contributed by atoms with Crippen molar-refractivity contribution >= 4 is 10.1 Å². The predicted octanol–water partition coefficient (Wildman–Crippen LogP) is -0.0244. The lowest BCUT2D eigenvalue weighted by atomic mass is 10.2. The molecule has 13 heavy (non-hydrogen) atoms. The van der Waals surface area contributed by atoms with Crippen molar-refractivity contribution in [2.24, 2.45) is 0 Å². The van der Waals surface area contributed by atoms with Gasteiger partial charge < -0.3 is 4.66 Å². The summed E-state index contributed by atoms with van der Waals surface area (Å²) in [5, 5.41) is 0. The molecule has 0 aliphatic heterocycles. The van der Waals surface area contributed by atoms with Crippen molar-refractivity contribution in [3.63, 3.8) is 0 Å². The van der Waals surface area contributed by atoms with Crippen molar-refractivity contribution in [3.05, 3.63) is 29.8 Å². The third-order valence-corrected chi connectivity index (χ3v) is 3.14. The van der Waals surface area contributed by atoms with Crippen LogP contribution in [0.25, 0.3) is 0 Å². The van der Waals surface area contributed by atoms with Crippen LogP contribution in [0.2, 0.25) is 0 Å². The zero-order valence-corrected chi connectivity index (χ0v) is 8.30. The predicted molar refractivity (Wildman–Crippen MR) is 39.4 cm³/mol. The highest BCUT2D eigenvalue weighted by molar-refractivity contribution is 7.86. The molecule has 72 valence electrons. The summed E-state index contributed by atoms with van der Waals surface area (Å²) in [4.78, 5) is -0.0264. The first-order chi connectivity index (χ1) is 6.06. The molecule has 6 heteroatoms. The van der Waals surface area contributed by atoms with Gasteiger partial charge in [-0.25, -0.2) is 0 Å². The summed E-state index contributed by atoms with van der Waals surface area (Å²) in [5.41, 5.74) is 0.934. The first-order valence-electron chi connectivity index (χ1n) is 3.33. The highest BCUT2D eigenvalue weighted by Crippen LogP contribution is 2.12. The maximum Gasteiger partial charge on any atom is 0.351 e. The summed E-state index contributed by atoms with van der Waals surface area (Å²) in [5.74, 6) is 0. The second kappa shape index (κ2) is 4.06. The van der Waals surface area contributed by atoms with Crippen LogP contribution in [0.5, 0.6) is 0 Å². The molecule has 1 rings (SSSR count). The van der Waals surface area contributed by atoms with Crippen molar-refractivity contribution < 1.29 is 28.1 Å². The highest BCUT2D eigenvalue weighted by Gasteiger charge is 2.20. The molecular weight excluding hydrogens is 216 g/mol. The van der Waals surface area contributed by atoms with E-state index in [4.69, 9.17) is 0 Å². The van der Waals surface area contributed by atoms with Crippen molar-refractivity contribution in [3.8, 4) is 0 Å². The van der Waals surface area contributed by atoms with Gasteiger partial charge in [0.25, 0.3) is 0 Å². The van der Waals surface area contributed by atoms with E-state index in [0.717, 1.165) is 5.56 Å². The molecule has 4 nitrogen and oxygen atoms in total. The Hall–Kier alpha value is -0.620. The molecule has 0 heterocycles. The molecule has 1 aromatic carbocycles. The van der Waals surface area contributed by atoms with Crippen LogP contribution in [-0.2, 0) is 13.9 Å². The first kappa shape index (κ1) is 10.5. The second-order valence-corrected chi connectivity index (χ2v) is 4.40. The molecule has 0 atom stereocenters. The van der Waals surface area contributed by atoms with E-state index in [9.17, 15) is 13.1 Å². The third kappa shape index (κ3) is 2.67. The topological polar surface area (TPSA) is 66.4 Å². The van der Waals surface area contributed by atoms with E-state index in [1.165, 1.54) is 12.1 Å². The molecule has 0 spiro atoms. The maximum atomic E-state index is 11.1. The van der Waals surface area contributed by atoms with E-state index in [1.54, 1.807) is 12.1 Å². The minimum Gasteiger partial charge on any atom is -0.505 e. The van der Waals surface area contributed by atoms with Crippen molar-refractivity contribution in [2.45, 2.75) is 11.8 Å². The van der Waals surface area contributed by atoms with Gasteiger partial charge in [0, 0.05) is 3.74 Å². The van der Waals surface area contributed by atoms with Gasteiger partial charge in [-0.2, -0.15) is 8.42 Å². The summed E-state index contributed by atoms with van der Waals surface area (Å²) in [7, 11) is -3.90. The van der Waals surface area contributed by atoms with E-state index in [0.29, 0.717) is 0 Å². The van der Waals surface area contributed by atoms with Gasteiger partial charge in [0.05, 0.1) is 4.90 Å². The average molecular weight is 223 g/mol. The van der Waals surface area contributed by atoms with Crippen LogP contribution < -0.4 is 4.66 Å². The van der Waals surface area contributed by atoms with E-state index in [1.807, 2.05) is 6.92 Å². The Labute approximate surface area is 80.3 Å². The Bertz CT molecular complexity index is 370. The summed E-state index contributed by atoms with van der Waals surface area (Å²) in [6, 6.07) is 6.01.